The number of benzene rings is 1. The van der Waals surface area contributed by atoms with Crippen molar-refractivity contribution in [2.75, 3.05) is 6.61 Å². The van der Waals surface area contributed by atoms with Gasteiger partial charge in [-0.05, 0) is 17.6 Å². The maximum Gasteiger partial charge on any atom is 0.488 e. The molecule has 0 aliphatic carbocycles. The molecule has 0 aliphatic heterocycles. The third-order valence-electron chi connectivity index (χ3n) is 2.67. The Bertz CT molecular complexity index is 514. The highest BCUT2D eigenvalue weighted by atomic mass is 16.5. The van der Waals surface area contributed by atoms with E-state index >= 15 is 0 Å². The number of hydrogen-bond acceptors (Lipinski definition) is 4. The van der Waals surface area contributed by atoms with Crippen LogP contribution in [0.25, 0.3) is 0 Å². The highest BCUT2D eigenvalue weighted by Crippen LogP contribution is 2.08. The molecule has 0 saturated carbocycles. The summed E-state index contributed by atoms with van der Waals surface area (Å²) in [6.07, 6.45) is 4.34. The van der Waals surface area contributed by atoms with E-state index in [0.29, 0.717) is 24.2 Å². The predicted molar refractivity (Wildman–Crippen MR) is 68.7 cm³/mol. The van der Waals surface area contributed by atoms with Crippen LogP contribution in [0.1, 0.15) is 5.82 Å². The smallest absolute Gasteiger partial charge is 0.488 e. The Morgan fingerprint density at radius 1 is 1.39 bits per heavy atom. The molecule has 6 heteroatoms. The highest BCUT2D eigenvalue weighted by Gasteiger charge is 2.11. The number of aromatic nitrogens is 2. The third kappa shape index (κ3) is 3.12. The first-order valence-corrected chi connectivity index (χ1v) is 5.72. The third-order valence-corrected chi connectivity index (χ3v) is 2.67. The van der Waals surface area contributed by atoms with Crippen LogP contribution >= 0.6 is 0 Å². The minimum atomic E-state index is -1.47. The van der Waals surface area contributed by atoms with Crippen molar-refractivity contribution in [1.29, 1.82) is 0 Å². The van der Waals surface area contributed by atoms with Gasteiger partial charge in [-0.25, -0.2) is 4.98 Å². The molecule has 1 heterocycles. The monoisotopic (exact) mass is 246 g/mol. The van der Waals surface area contributed by atoms with Crippen LogP contribution < -0.4 is 10.2 Å². The summed E-state index contributed by atoms with van der Waals surface area (Å²) in [5.41, 5.74) is 0.421. The number of ether oxygens (including phenoxy) is 1. The van der Waals surface area contributed by atoms with Crippen molar-refractivity contribution >= 4 is 12.6 Å². The van der Waals surface area contributed by atoms with Crippen LogP contribution in [0, 0.1) is 0 Å². The minimum Gasteiger partial charge on any atom is -0.493 e. The zero-order valence-electron chi connectivity index (χ0n) is 10.2. The van der Waals surface area contributed by atoms with Crippen molar-refractivity contribution in [2.24, 2.45) is 7.05 Å². The van der Waals surface area contributed by atoms with Gasteiger partial charge in [-0.2, -0.15) is 0 Å². The van der Waals surface area contributed by atoms with E-state index in [1.165, 1.54) is 0 Å². The second kappa shape index (κ2) is 5.70. The van der Waals surface area contributed by atoms with Gasteiger partial charge in [-0.15, -0.1) is 0 Å². The SMILES string of the molecule is Cn1ccnc1CCOc1cccc(B(O)O)c1. The van der Waals surface area contributed by atoms with Crippen LogP contribution in [0.4, 0.5) is 0 Å². The van der Waals surface area contributed by atoms with Crippen molar-refractivity contribution < 1.29 is 14.8 Å². The lowest BCUT2D eigenvalue weighted by Crippen LogP contribution is -2.29. The molecular weight excluding hydrogens is 231 g/mol. The zero-order chi connectivity index (χ0) is 13.0. The molecule has 0 saturated heterocycles. The molecule has 0 spiro atoms. The predicted octanol–water partition coefficient (Wildman–Crippen LogP) is -0.279. The molecule has 18 heavy (non-hydrogen) atoms. The molecule has 5 nitrogen and oxygen atoms in total. The maximum absolute atomic E-state index is 9.05. The van der Waals surface area contributed by atoms with Crippen LogP contribution in [-0.4, -0.2) is 33.3 Å². The average molecular weight is 246 g/mol. The van der Waals surface area contributed by atoms with Gasteiger partial charge in [0.25, 0.3) is 0 Å². The van der Waals surface area contributed by atoms with E-state index in [0.717, 1.165) is 5.82 Å². The maximum atomic E-state index is 9.05. The van der Waals surface area contributed by atoms with Gasteiger partial charge < -0.3 is 19.4 Å². The number of aryl methyl sites for hydroxylation is 1. The lowest BCUT2D eigenvalue weighted by molar-refractivity contribution is 0.317. The Morgan fingerprint density at radius 3 is 2.89 bits per heavy atom. The fourth-order valence-corrected chi connectivity index (χ4v) is 1.66. The molecule has 1 aromatic heterocycles. The number of hydrogen-bond donors (Lipinski definition) is 2. The Balaban J connectivity index is 1.90. The molecular formula is C12H15BN2O3. The van der Waals surface area contributed by atoms with Crippen LogP contribution in [0.2, 0.25) is 0 Å². The van der Waals surface area contributed by atoms with Crippen molar-refractivity contribution in [3.8, 4) is 5.75 Å². The second-order valence-electron chi connectivity index (χ2n) is 4.00. The molecule has 2 rings (SSSR count). The summed E-state index contributed by atoms with van der Waals surface area (Å²) in [6, 6.07) is 6.76. The lowest BCUT2D eigenvalue weighted by atomic mass is 9.80. The largest absolute Gasteiger partial charge is 0.493 e. The summed E-state index contributed by atoms with van der Waals surface area (Å²) in [5, 5.41) is 18.1. The summed E-state index contributed by atoms with van der Waals surface area (Å²) < 4.78 is 7.49. The van der Waals surface area contributed by atoms with Gasteiger partial charge in [0.15, 0.2) is 0 Å². The molecule has 2 N–H and O–H groups in total. The van der Waals surface area contributed by atoms with E-state index in [-0.39, 0.29) is 0 Å². The first-order chi connectivity index (χ1) is 8.66. The van der Waals surface area contributed by atoms with Gasteiger partial charge in [0.2, 0.25) is 0 Å². The molecule has 0 fully saturated rings. The molecule has 1 aromatic carbocycles. The van der Waals surface area contributed by atoms with Crippen molar-refractivity contribution in [3.63, 3.8) is 0 Å². The normalized spacial score (nSPS) is 10.4. The number of nitrogens with zero attached hydrogens (tertiary/aromatic N) is 2. The Kier molecular flexibility index (Phi) is 4.01. The van der Waals surface area contributed by atoms with E-state index in [1.807, 2.05) is 17.8 Å². The lowest BCUT2D eigenvalue weighted by Gasteiger charge is -2.07. The van der Waals surface area contributed by atoms with Gasteiger partial charge in [-0.3, -0.25) is 0 Å². The van der Waals surface area contributed by atoms with Crippen LogP contribution in [0.3, 0.4) is 0 Å². The first kappa shape index (κ1) is 12.7. The van der Waals surface area contributed by atoms with Crippen molar-refractivity contribution in [3.05, 3.63) is 42.5 Å². The summed E-state index contributed by atoms with van der Waals surface area (Å²) in [4.78, 5) is 4.20. The highest BCUT2D eigenvalue weighted by molar-refractivity contribution is 6.58. The van der Waals surface area contributed by atoms with Crippen LogP contribution in [0.15, 0.2) is 36.7 Å². The Hall–Kier alpha value is -1.79. The average Bonchev–Trinajstić information content (AvgIpc) is 2.76. The first-order valence-electron chi connectivity index (χ1n) is 5.72. The van der Waals surface area contributed by atoms with E-state index in [9.17, 15) is 0 Å². The van der Waals surface area contributed by atoms with E-state index in [4.69, 9.17) is 14.8 Å². The molecule has 0 atom stereocenters. The topological polar surface area (TPSA) is 67.5 Å². The standard InChI is InChI=1S/C12H15BN2O3/c1-15-7-6-14-12(15)5-8-18-11-4-2-3-10(9-11)13(16)17/h2-4,6-7,9,16-17H,5,8H2,1H3. The molecule has 2 aromatic rings. The van der Waals surface area contributed by atoms with Crippen LogP contribution in [-0.2, 0) is 13.5 Å². The van der Waals surface area contributed by atoms with Gasteiger partial charge >= 0.3 is 7.12 Å². The van der Waals surface area contributed by atoms with Crippen molar-refractivity contribution in [2.45, 2.75) is 6.42 Å². The number of imidazole rings is 1. The van der Waals surface area contributed by atoms with Gasteiger partial charge in [0.05, 0.1) is 6.61 Å². The molecule has 0 bridgehead atoms. The zero-order valence-corrected chi connectivity index (χ0v) is 10.2. The van der Waals surface area contributed by atoms with E-state index < -0.39 is 7.12 Å². The summed E-state index contributed by atoms with van der Waals surface area (Å²) in [7, 11) is 0.466. The second-order valence-corrected chi connectivity index (χ2v) is 4.00. The van der Waals surface area contributed by atoms with Crippen molar-refractivity contribution in [1.82, 2.24) is 9.55 Å². The molecule has 0 radical (unpaired) electrons. The Labute approximate surface area is 106 Å². The van der Waals surface area contributed by atoms with E-state index in [1.54, 1.807) is 30.5 Å². The molecule has 0 aliphatic rings. The minimum absolute atomic E-state index is 0.421. The summed E-state index contributed by atoms with van der Waals surface area (Å²) >= 11 is 0. The van der Waals surface area contributed by atoms with Gasteiger partial charge in [0.1, 0.15) is 11.6 Å². The van der Waals surface area contributed by atoms with Gasteiger partial charge in [-0.1, -0.05) is 12.1 Å². The number of rotatable bonds is 5. The van der Waals surface area contributed by atoms with E-state index in [2.05, 4.69) is 4.98 Å². The summed E-state index contributed by atoms with van der Waals surface area (Å²) in [6.45, 7) is 0.496. The quantitative estimate of drug-likeness (QED) is 0.712. The fraction of sp³-hybridized carbons (Fsp3) is 0.250. The summed E-state index contributed by atoms with van der Waals surface area (Å²) in [5.74, 6) is 1.57. The fourth-order valence-electron chi connectivity index (χ4n) is 1.66. The molecule has 0 unspecified atom stereocenters. The molecule has 94 valence electrons. The van der Waals surface area contributed by atoms with Crippen LogP contribution in [0.5, 0.6) is 5.75 Å². The van der Waals surface area contributed by atoms with Gasteiger partial charge in [0, 0.05) is 25.9 Å². The Morgan fingerprint density at radius 2 is 2.22 bits per heavy atom. The molecule has 0 amide bonds.